The highest BCUT2D eigenvalue weighted by Crippen LogP contribution is 2.41. The van der Waals surface area contributed by atoms with E-state index in [9.17, 15) is 9.59 Å². The summed E-state index contributed by atoms with van der Waals surface area (Å²) in [6, 6.07) is 0. The standard InChI is InChI=1S/C28H41NO2/c1-21(14-15-24-23(3)13-9-16-27(24,4)5)11-8-12-22(2)19-26(31)29(7)20-25(30)28(6)17-10-18-28/h8,11-12,14-15,19H,9-10,13,16-18,20H2,1-7H3/b12-8+,15-14+,21-11-,22-19+. The fourth-order valence-corrected chi connectivity index (χ4v) is 4.46. The molecule has 2 rings (SSSR count). The van der Waals surface area contributed by atoms with Crippen LogP contribution < -0.4 is 0 Å². The van der Waals surface area contributed by atoms with Gasteiger partial charge in [-0.2, -0.15) is 0 Å². The lowest BCUT2D eigenvalue weighted by molar-refractivity contribution is -0.137. The number of carbonyl (C=O) groups is 2. The van der Waals surface area contributed by atoms with E-state index in [-0.39, 0.29) is 29.1 Å². The molecule has 0 unspecified atom stereocenters. The molecule has 3 heteroatoms. The molecule has 0 heterocycles. The summed E-state index contributed by atoms with van der Waals surface area (Å²) in [5.41, 5.74) is 5.04. The van der Waals surface area contributed by atoms with Crippen LogP contribution in [0.4, 0.5) is 0 Å². The average Bonchev–Trinajstić information content (AvgIpc) is 2.64. The summed E-state index contributed by atoms with van der Waals surface area (Å²) in [5, 5.41) is 0. The summed E-state index contributed by atoms with van der Waals surface area (Å²) in [6.45, 7) is 13.1. The number of hydrogen-bond acceptors (Lipinski definition) is 2. The van der Waals surface area contributed by atoms with Crippen molar-refractivity contribution in [2.24, 2.45) is 10.8 Å². The van der Waals surface area contributed by atoms with Crippen molar-refractivity contribution in [3.63, 3.8) is 0 Å². The molecule has 0 radical (unpaired) electrons. The Morgan fingerprint density at radius 2 is 1.68 bits per heavy atom. The topological polar surface area (TPSA) is 37.4 Å². The van der Waals surface area contributed by atoms with Gasteiger partial charge in [0.25, 0.3) is 0 Å². The van der Waals surface area contributed by atoms with Gasteiger partial charge in [0.2, 0.25) is 5.91 Å². The van der Waals surface area contributed by atoms with Crippen molar-refractivity contribution >= 4 is 11.7 Å². The van der Waals surface area contributed by atoms with Crippen LogP contribution in [0, 0.1) is 10.8 Å². The van der Waals surface area contributed by atoms with Gasteiger partial charge in [-0.3, -0.25) is 9.59 Å². The molecule has 1 fully saturated rings. The maximum Gasteiger partial charge on any atom is 0.246 e. The van der Waals surface area contributed by atoms with E-state index in [4.69, 9.17) is 0 Å². The molecule has 0 saturated heterocycles. The van der Waals surface area contributed by atoms with Crippen molar-refractivity contribution in [2.45, 2.75) is 80.1 Å². The first-order valence-corrected chi connectivity index (χ1v) is 11.6. The van der Waals surface area contributed by atoms with Crippen LogP contribution in [0.2, 0.25) is 0 Å². The highest BCUT2D eigenvalue weighted by molar-refractivity contribution is 5.94. The SMILES string of the molecule is CC1=C(/C=C/C(C)=C\C=C\C(C)=C\C(=O)N(C)CC(=O)C2(C)CCC2)C(C)(C)CCC1. The number of likely N-dealkylation sites (N-methyl/N-ethyl adjacent to an activating group) is 1. The van der Waals surface area contributed by atoms with Crippen LogP contribution in [-0.4, -0.2) is 30.2 Å². The lowest BCUT2D eigenvalue weighted by Crippen LogP contribution is -2.42. The molecule has 0 N–H and O–H groups in total. The Hall–Kier alpha value is -2.16. The number of hydrogen-bond donors (Lipinski definition) is 0. The van der Waals surface area contributed by atoms with E-state index in [0.29, 0.717) is 0 Å². The van der Waals surface area contributed by atoms with E-state index >= 15 is 0 Å². The second-order valence-electron chi connectivity index (χ2n) is 10.5. The Bertz CT molecular complexity index is 844. The number of Topliss-reactive ketones (excluding diaryl/α,β-unsaturated/α-hetero) is 1. The molecule has 1 amide bonds. The van der Waals surface area contributed by atoms with Crippen LogP contribution in [-0.2, 0) is 9.59 Å². The molecule has 0 aromatic carbocycles. The predicted molar refractivity (Wildman–Crippen MR) is 131 cm³/mol. The summed E-state index contributed by atoms with van der Waals surface area (Å²) in [5.74, 6) is 0.0500. The number of carbonyl (C=O) groups excluding carboxylic acids is 2. The summed E-state index contributed by atoms with van der Waals surface area (Å²) in [7, 11) is 1.70. The summed E-state index contributed by atoms with van der Waals surface area (Å²) in [6.07, 6.45) is 18.8. The van der Waals surface area contributed by atoms with Crippen LogP contribution in [0.5, 0.6) is 0 Å². The van der Waals surface area contributed by atoms with Crippen molar-refractivity contribution in [3.8, 4) is 0 Å². The van der Waals surface area contributed by atoms with Gasteiger partial charge in [-0.25, -0.2) is 0 Å². The number of nitrogens with zero attached hydrogens (tertiary/aromatic N) is 1. The van der Waals surface area contributed by atoms with Crippen LogP contribution in [0.3, 0.4) is 0 Å². The first kappa shape index (κ1) is 25.1. The van der Waals surface area contributed by atoms with Gasteiger partial charge in [-0.1, -0.05) is 68.7 Å². The molecule has 0 aromatic rings. The van der Waals surface area contributed by atoms with Gasteiger partial charge in [0, 0.05) is 18.5 Å². The highest BCUT2D eigenvalue weighted by Gasteiger charge is 2.39. The first-order valence-electron chi connectivity index (χ1n) is 11.6. The van der Waals surface area contributed by atoms with E-state index in [0.717, 1.165) is 24.8 Å². The molecule has 0 aliphatic heterocycles. The summed E-state index contributed by atoms with van der Waals surface area (Å²) >= 11 is 0. The minimum absolute atomic E-state index is 0.124. The number of allylic oxidation sites excluding steroid dienone is 9. The second-order valence-corrected chi connectivity index (χ2v) is 10.5. The molecule has 31 heavy (non-hydrogen) atoms. The van der Waals surface area contributed by atoms with Crippen molar-refractivity contribution in [1.29, 1.82) is 0 Å². The zero-order valence-electron chi connectivity index (χ0n) is 20.7. The fraction of sp³-hybridized carbons (Fsp3) is 0.571. The fourth-order valence-electron chi connectivity index (χ4n) is 4.46. The Kier molecular flexibility index (Phi) is 8.45. The quantitative estimate of drug-likeness (QED) is 0.320. The van der Waals surface area contributed by atoms with Crippen LogP contribution in [0.1, 0.15) is 80.1 Å². The summed E-state index contributed by atoms with van der Waals surface area (Å²) < 4.78 is 0. The Balaban J connectivity index is 1.92. The monoisotopic (exact) mass is 423 g/mol. The highest BCUT2D eigenvalue weighted by atomic mass is 16.2. The molecule has 0 bridgehead atoms. The van der Waals surface area contributed by atoms with Gasteiger partial charge in [0.15, 0.2) is 5.78 Å². The Morgan fingerprint density at radius 3 is 2.26 bits per heavy atom. The molecular formula is C28H41NO2. The molecule has 170 valence electrons. The third-order valence-corrected chi connectivity index (χ3v) is 7.01. The van der Waals surface area contributed by atoms with Crippen LogP contribution in [0.15, 0.2) is 58.7 Å². The normalized spacial score (nSPS) is 21.5. The lowest BCUT2D eigenvalue weighted by atomic mass is 9.67. The van der Waals surface area contributed by atoms with Gasteiger partial charge >= 0.3 is 0 Å². The molecule has 0 spiro atoms. The van der Waals surface area contributed by atoms with Gasteiger partial charge < -0.3 is 4.90 Å². The largest absolute Gasteiger partial charge is 0.335 e. The van der Waals surface area contributed by atoms with Gasteiger partial charge in [-0.05, 0) is 69.4 Å². The van der Waals surface area contributed by atoms with E-state index in [1.54, 1.807) is 13.1 Å². The van der Waals surface area contributed by atoms with Gasteiger partial charge in [0.05, 0.1) is 6.54 Å². The molecule has 3 nitrogen and oxygen atoms in total. The predicted octanol–water partition coefficient (Wildman–Crippen LogP) is 6.74. The molecule has 0 atom stereocenters. The summed E-state index contributed by atoms with van der Waals surface area (Å²) in [4.78, 5) is 26.3. The van der Waals surface area contributed by atoms with Gasteiger partial charge in [0.1, 0.15) is 0 Å². The number of amides is 1. The molecule has 0 aromatic heterocycles. The maximum atomic E-state index is 12.4. The third kappa shape index (κ3) is 6.92. The van der Waals surface area contributed by atoms with Crippen molar-refractivity contribution < 1.29 is 9.59 Å². The number of rotatable bonds is 8. The van der Waals surface area contributed by atoms with E-state index in [1.807, 2.05) is 26.0 Å². The van der Waals surface area contributed by atoms with E-state index < -0.39 is 0 Å². The van der Waals surface area contributed by atoms with Crippen molar-refractivity contribution in [3.05, 3.63) is 58.7 Å². The van der Waals surface area contributed by atoms with E-state index in [1.165, 1.54) is 40.9 Å². The second kappa shape index (κ2) is 10.4. The minimum atomic E-state index is -0.218. The van der Waals surface area contributed by atoms with Gasteiger partial charge in [-0.15, -0.1) is 0 Å². The van der Waals surface area contributed by atoms with Crippen molar-refractivity contribution in [1.82, 2.24) is 4.90 Å². The Labute approximate surface area is 189 Å². The molecule has 1 saturated carbocycles. The number of ketones is 1. The van der Waals surface area contributed by atoms with E-state index in [2.05, 4.69) is 45.9 Å². The molecular weight excluding hydrogens is 382 g/mol. The molecule has 2 aliphatic carbocycles. The lowest BCUT2D eigenvalue weighted by Gasteiger charge is -2.37. The minimum Gasteiger partial charge on any atom is -0.335 e. The Morgan fingerprint density at radius 1 is 1.00 bits per heavy atom. The zero-order chi connectivity index (χ0) is 23.2. The smallest absolute Gasteiger partial charge is 0.246 e. The van der Waals surface area contributed by atoms with Crippen LogP contribution in [0.25, 0.3) is 0 Å². The zero-order valence-corrected chi connectivity index (χ0v) is 20.7. The third-order valence-electron chi connectivity index (χ3n) is 7.01. The first-order chi connectivity index (χ1) is 14.4. The average molecular weight is 424 g/mol. The van der Waals surface area contributed by atoms with Crippen molar-refractivity contribution in [2.75, 3.05) is 13.6 Å². The molecule has 2 aliphatic rings. The van der Waals surface area contributed by atoms with Crippen LogP contribution >= 0.6 is 0 Å². The maximum absolute atomic E-state index is 12.4.